The van der Waals surface area contributed by atoms with Crippen molar-refractivity contribution in [2.45, 2.75) is 91.0 Å². The normalized spacial score (nSPS) is 20.2. The van der Waals surface area contributed by atoms with Crippen LogP contribution in [0.4, 0.5) is 4.79 Å². The summed E-state index contributed by atoms with van der Waals surface area (Å²) in [6.07, 6.45) is 4.73. The number of aromatic amines is 1. The van der Waals surface area contributed by atoms with Gasteiger partial charge in [0.15, 0.2) is 0 Å². The van der Waals surface area contributed by atoms with Crippen LogP contribution in [0.3, 0.4) is 0 Å². The molecule has 2 aromatic carbocycles. The summed E-state index contributed by atoms with van der Waals surface area (Å²) in [6.45, 7) is 10.6. The lowest BCUT2D eigenvalue weighted by molar-refractivity contribution is -0.153. The summed E-state index contributed by atoms with van der Waals surface area (Å²) in [4.78, 5) is 61.1. The zero-order chi connectivity index (χ0) is 35.2. The zero-order valence-corrected chi connectivity index (χ0v) is 29.3. The number of carbonyl (C=O) groups is 4. The van der Waals surface area contributed by atoms with Crippen molar-refractivity contribution in [2.24, 2.45) is 17.8 Å². The molecule has 11 heteroatoms. The first-order valence-electron chi connectivity index (χ1n) is 17.4. The van der Waals surface area contributed by atoms with Gasteiger partial charge in [0.2, 0.25) is 5.91 Å². The quantitative estimate of drug-likeness (QED) is 0.204. The first-order chi connectivity index (χ1) is 23.5. The third-order valence-corrected chi connectivity index (χ3v) is 9.92. The highest BCUT2D eigenvalue weighted by Crippen LogP contribution is 2.34. The maximum absolute atomic E-state index is 13.2. The molecule has 2 aliphatic rings. The Morgan fingerprint density at radius 3 is 2.14 bits per heavy atom. The molecule has 2 heterocycles. The third-order valence-electron chi connectivity index (χ3n) is 9.92. The van der Waals surface area contributed by atoms with E-state index >= 15 is 0 Å². The monoisotopic (exact) mass is 671 g/mol. The van der Waals surface area contributed by atoms with E-state index in [1.54, 1.807) is 12.1 Å². The SMILES string of the molecule is COC(=O)N[C@H](C(=O)O[C@@H]1CCC[C@H]1NC(=O)c1ccc(-c2ccc(-c3c[nH]c([C@@H]4CCCN4C(=O)[C@@H](C)C(C)C)n3)cc2)cc1)C(C)C. The van der Waals surface area contributed by atoms with E-state index in [0.29, 0.717) is 24.3 Å². The number of nitrogens with zero attached hydrogens (tertiary/aromatic N) is 2. The number of amides is 3. The van der Waals surface area contributed by atoms with Crippen molar-refractivity contribution >= 4 is 23.9 Å². The van der Waals surface area contributed by atoms with Crippen LogP contribution in [0.25, 0.3) is 22.4 Å². The van der Waals surface area contributed by atoms with E-state index in [4.69, 9.17) is 9.72 Å². The molecule has 3 aromatic rings. The number of alkyl carbamates (subject to hydrolysis) is 1. The number of benzene rings is 2. The molecule has 1 aliphatic heterocycles. The standard InChI is InChI=1S/C38H49N5O6/c1-22(2)24(5)36(45)43-20-8-10-31(43)34-39-21-30(40-34)27-16-12-25(13-17-27)26-14-18-28(19-15-26)35(44)41-29-9-7-11-32(29)49-37(46)33(23(3)4)42-38(47)48-6/h12-19,21-24,29,31-33H,7-11,20H2,1-6H3,(H,39,40)(H,41,44)(H,42,47)/t24-,29+,31-,32+,33-/m0/s1. The first kappa shape index (κ1) is 35.6. The Labute approximate surface area is 288 Å². The van der Waals surface area contributed by atoms with E-state index in [1.165, 1.54) is 7.11 Å². The Hall–Kier alpha value is -4.67. The predicted molar refractivity (Wildman–Crippen MR) is 186 cm³/mol. The molecule has 0 spiro atoms. The second-order valence-electron chi connectivity index (χ2n) is 13.9. The van der Waals surface area contributed by atoms with Gasteiger partial charge >= 0.3 is 12.1 Å². The Morgan fingerprint density at radius 2 is 1.51 bits per heavy atom. The van der Waals surface area contributed by atoms with Crippen molar-refractivity contribution in [1.82, 2.24) is 25.5 Å². The van der Waals surface area contributed by atoms with Crippen molar-refractivity contribution in [3.8, 4) is 22.4 Å². The van der Waals surface area contributed by atoms with Gasteiger partial charge in [-0.15, -0.1) is 0 Å². The van der Waals surface area contributed by atoms with Gasteiger partial charge in [-0.05, 0) is 67.2 Å². The molecule has 0 unspecified atom stereocenters. The van der Waals surface area contributed by atoms with Gasteiger partial charge in [0.1, 0.15) is 18.0 Å². The van der Waals surface area contributed by atoms with E-state index < -0.39 is 24.2 Å². The van der Waals surface area contributed by atoms with Gasteiger partial charge in [-0.3, -0.25) is 9.59 Å². The Kier molecular flexibility index (Phi) is 11.4. The molecule has 11 nitrogen and oxygen atoms in total. The fourth-order valence-corrected chi connectivity index (χ4v) is 6.55. The van der Waals surface area contributed by atoms with Crippen molar-refractivity contribution in [3.05, 3.63) is 66.1 Å². The minimum atomic E-state index is -0.846. The van der Waals surface area contributed by atoms with Crippen LogP contribution < -0.4 is 10.6 Å². The molecule has 0 radical (unpaired) electrons. The Bertz CT molecular complexity index is 1620. The summed E-state index contributed by atoms with van der Waals surface area (Å²) in [5.41, 5.74) is 4.29. The van der Waals surface area contributed by atoms with Crippen molar-refractivity contribution in [2.75, 3.05) is 13.7 Å². The lowest BCUT2D eigenvalue weighted by Crippen LogP contribution is -2.48. The van der Waals surface area contributed by atoms with E-state index in [0.717, 1.165) is 54.0 Å². The zero-order valence-electron chi connectivity index (χ0n) is 29.3. The number of rotatable bonds is 11. The molecule has 3 amide bonds. The van der Waals surface area contributed by atoms with Gasteiger partial charge in [0.25, 0.3) is 5.91 Å². The second-order valence-corrected chi connectivity index (χ2v) is 13.9. The molecule has 5 rings (SSSR count). The largest absolute Gasteiger partial charge is 0.459 e. The van der Waals surface area contributed by atoms with Crippen molar-refractivity contribution in [3.63, 3.8) is 0 Å². The summed E-state index contributed by atoms with van der Waals surface area (Å²) < 4.78 is 10.4. The maximum Gasteiger partial charge on any atom is 0.407 e. The number of nitrogens with one attached hydrogen (secondary N) is 3. The van der Waals surface area contributed by atoms with Gasteiger partial charge in [-0.1, -0.05) is 71.0 Å². The number of ether oxygens (including phenoxy) is 2. The van der Waals surface area contributed by atoms with E-state index in [9.17, 15) is 19.2 Å². The number of methoxy groups -OCH3 is 1. The molecular formula is C38H49N5O6. The molecule has 49 heavy (non-hydrogen) atoms. The molecule has 0 bridgehead atoms. The molecule has 1 saturated heterocycles. The van der Waals surface area contributed by atoms with Crippen LogP contribution in [0.15, 0.2) is 54.7 Å². The summed E-state index contributed by atoms with van der Waals surface area (Å²) in [6, 6.07) is 14.3. The number of esters is 1. The maximum atomic E-state index is 13.2. The lowest BCUT2D eigenvalue weighted by Gasteiger charge is -2.27. The van der Waals surface area contributed by atoms with Crippen molar-refractivity contribution in [1.29, 1.82) is 0 Å². The van der Waals surface area contributed by atoms with Gasteiger partial charge in [0.05, 0.1) is 24.9 Å². The average Bonchev–Trinajstić information content (AvgIpc) is 3.88. The number of hydrogen-bond acceptors (Lipinski definition) is 7. The highest BCUT2D eigenvalue weighted by atomic mass is 16.6. The van der Waals surface area contributed by atoms with Crippen LogP contribution in [0.1, 0.15) is 88.9 Å². The number of likely N-dealkylation sites (tertiary alicyclic amines) is 1. The predicted octanol–water partition coefficient (Wildman–Crippen LogP) is 6.27. The molecule has 2 fully saturated rings. The number of carbonyl (C=O) groups excluding carboxylic acids is 4. The molecule has 262 valence electrons. The Morgan fingerprint density at radius 1 is 0.857 bits per heavy atom. The van der Waals surface area contributed by atoms with Gasteiger partial charge in [0, 0.05) is 29.8 Å². The topological polar surface area (TPSA) is 143 Å². The molecule has 1 saturated carbocycles. The summed E-state index contributed by atoms with van der Waals surface area (Å²) in [7, 11) is 1.24. The van der Waals surface area contributed by atoms with E-state index in [2.05, 4.69) is 34.2 Å². The number of imidazole rings is 1. The fourth-order valence-electron chi connectivity index (χ4n) is 6.55. The lowest BCUT2D eigenvalue weighted by atomic mass is 9.96. The minimum absolute atomic E-state index is 0.0237. The molecule has 1 aromatic heterocycles. The molecular weight excluding hydrogens is 622 g/mol. The smallest absolute Gasteiger partial charge is 0.407 e. The minimum Gasteiger partial charge on any atom is -0.459 e. The number of H-pyrrole nitrogens is 1. The number of hydrogen-bond donors (Lipinski definition) is 3. The first-order valence-corrected chi connectivity index (χ1v) is 17.4. The summed E-state index contributed by atoms with van der Waals surface area (Å²) in [5.74, 6) is 0.309. The highest BCUT2D eigenvalue weighted by Gasteiger charge is 2.36. The van der Waals surface area contributed by atoms with Gasteiger partial charge < -0.3 is 30.0 Å². The van der Waals surface area contributed by atoms with Crippen LogP contribution in [-0.2, 0) is 19.1 Å². The van der Waals surface area contributed by atoms with Crippen LogP contribution in [0.2, 0.25) is 0 Å². The fraction of sp³-hybridized carbons (Fsp3) is 0.500. The van der Waals surface area contributed by atoms with Gasteiger partial charge in [-0.25, -0.2) is 14.6 Å². The third kappa shape index (κ3) is 8.32. The Balaban J connectivity index is 1.18. The average molecular weight is 672 g/mol. The van der Waals surface area contributed by atoms with Crippen LogP contribution in [0.5, 0.6) is 0 Å². The molecule has 3 N–H and O–H groups in total. The molecule has 5 atom stereocenters. The van der Waals surface area contributed by atoms with Crippen molar-refractivity contribution < 1.29 is 28.7 Å². The van der Waals surface area contributed by atoms with Crippen LogP contribution in [0, 0.1) is 17.8 Å². The van der Waals surface area contributed by atoms with E-state index in [-0.39, 0.29) is 35.7 Å². The van der Waals surface area contributed by atoms with Gasteiger partial charge in [-0.2, -0.15) is 0 Å². The summed E-state index contributed by atoms with van der Waals surface area (Å²) >= 11 is 0. The number of aromatic nitrogens is 2. The van der Waals surface area contributed by atoms with Crippen LogP contribution in [-0.4, -0.2) is 70.6 Å². The second kappa shape index (κ2) is 15.7. The van der Waals surface area contributed by atoms with Crippen LogP contribution >= 0.6 is 0 Å². The highest BCUT2D eigenvalue weighted by molar-refractivity contribution is 5.95. The van der Waals surface area contributed by atoms with E-state index in [1.807, 2.05) is 68.3 Å². The molecule has 1 aliphatic carbocycles. The summed E-state index contributed by atoms with van der Waals surface area (Å²) in [5, 5.41) is 5.57.